The van der Waals surface area contributed by atoms with Crippen molar-refractivity contribution in [1.29, 1.82) is 0 Å². The fourth-order valence-electron chi connectivity index (χ4n) is 4.10. The van der Waals surface area contributed by atoms with Gasteiger partial charge in [-0.05, 0) is 31.2 Å². The van der Waals surface area contributed by atoms with E-state index in [1.807, 2.05) is 43.3 Å². The number of rotatable bonds is 15. The van der Waals surface area contributed by atoms with E-state index in [0.29, 0.717) is 24.7 Å². The monoisotopic (exact) mass is 494 g/mol. The Labute approximate surface area is 213 Å². The Morgan fingerprint density at radius 1 is 0.639 bits per heavy atom. The summed E-state index contributed by atoms with van der Waals surface area (Å²) in [6.45, 7) is 6.69. The number of hydrogen-bond donors (Lipinski definition) is 0. The summed E-state index contributed by atoms with van der Waals surface area (Å²) < 4.78 is 22.9. The summed E-state index contributed by atoms with van der Waals surface area (Å²) in [7, 11) is 0. The number of fused-ring (bicyclic) bond motifs is 2. The van der Waals surface area contributed by atoms with E-state index in [0.717, 1.165) is 72.1 Å². The number of unbranched alkanes of at least 4 members (excludes halogenated alkanes) is 3. The lowest BCUT2D eigenvalue weighted by molar-refractivity contribution is -0.146. The molecule has 0 saturated carbocycles. The molecule has 0 atom stereocenters. The first-order chi connectivity index (χ1) is 17.6. The fraction of sp³-hybridized carbons (Fsp3) is 0.467. The number of carbonyl (C=O) groups is 2. The normalized spacial score (nSPS) is 11.0. The molecule has 0 fully saturated rings. The zero-order valence-corrected chi connectivity index (χ0v) is 21.8. The van der Waals surface area contributed by atoms with Gasteiger partial charge in [0.15, 0.2) is 13.2 Å². The van der Waals surface area contributed by atoms with Gasteiger partial charge in [-0.1, -0.05) is 82.5 Å². The second-order valence-electron chi connectivity index (χ2n) is 8.87. The molecule has 0 heterocycles. The standard InChI is InChI=1S/C30H38O6/c1-4-7-13-22-14-12-17-25-28(22)30(36-21-27(32)34-19-9-6-3)24-16-11-10-15-23(24)29(25)35-20-26(31)33-18-8-5-2/h10-12,14-17H,4-9,13,18-21H2,1-3H3. The molecule has 0 spiro atoms. The summed E-state index contributed by atoms with van der Waals surface area (Å²) in [5.41, 5.74) is 1.12. The van der Waals surface area contributed by atoms with E-state index in [2.05, 4.69) is 19.9 Å². The number of benzene rings is 3. The van der Waals surface area contributed by atoms with Gasteiger partial charge in [0.25, 0.3) is 0 Å². The maximum Gasteiger partial charge on any atom is 0.344 e. The van der Waals surface area contributed by atoms with Crippen LogP contribution in [0.4, 0.5) is 0 Å². The lowest BCUT2D eigenvalue weighted by Crippen LogP contribution is -2.17. The molecule has 0 aliphatic heterocycles. The predicted molar refractivity (Wildman–Crippen MR) is 143 cm³/mol. The summed E-state index contributed by atoms with van der Waals surface area (Å²) in [6.07, 6.45) is 6.50. The van der Waals surface area contributed by atoms with Gasteiger partial charge >= 0.3 is 11.9 Å². The quantitative estimate of drug-likeness (QED) is 0.132. The van der Waals surface area contributed by atoms with Crippen molar-refractivity contribution in [2.24, 2.45) is 0 Å². The summed E-state index contributed by atoms with van der Waals surface area (Å²) in [5, 5.41) is 3.39. The highest BCUT2D eigenvalue weighted by atomic mass is 16.6. The number of carbonyl (C=O) groups excluding carboxylic acids is 2. The summed E-state index contributed by atoms with van der Waals surface area (Å²) in [4.78, 5) is 24.7. The molecule has 194 valence electrons. The molecule has 0 amide bonds. The van der Waals surface area contributed by atoms with Crippen LogP contribution < -0.4 is 9.47 Å². The number of hydrogen-bond acceptors (Lipinski definition) is 6. The molecule has 36 heavy (non-hydrogen) atoms. The molecule has 0 aliphatic rings. The zero-order chi connectivity index (χ0) is 25.8. The molecular formula is C30H38O6. The zero-order valence-electron chi connectivity index (χ0n) is 21.8. The van der Waals surface area contributed by atoms with Crippen LogP contribution in [0.2, 0.25) is 0 Å². The van der Waals surface area contributed by atoms with Gasteiger partial charge in [-0.15, -0.1) is 0 Å². The van der Waals surface area contributed by atoms with Crippen molar-refractivity contribution in [3.8, 4) is 11.5 Å². The SMILES string of the molecule is CCCCOC(=O)COc1c2ccccc2c(OCC(=O)OCCCC)c2c(CCCC)cccc12. The molecule has 0 bridgehead atoms. The van der Waals surface area contributed by atoms with E-state index in [1.54, 1.807) is 0 Å². The van der Waals surface area contributed by atoms with E-state index >= 15 is 0 Å². The molecule has 0 N–H and O–H groups in total. The van der Waals surface area contributed by atoms with Gasteiger partial charge in [-0.3, -0.25) is 0 Å². The lowest BCUT2D eigenvalue weighted by Gasteiger charge is -2.19. The van der Waals surface area contributed by atoms with Crippen molar-refractivity contribution in [3.05, 3.63) is 48.0 Å². The van der Waals surface area contributed by atoms with Gasteiger partial charge in [0.05, 0.1) is 13.2 Å². The van der Waals surface area contributed by atoms with E-state index < -0.39 is 5.97 Å². The Bertz CT molecular complexity index is 1150. The lowest BCUT2D eigenvalue weighted by atomic mass is 9.94. The Hall–Kier alpha value is -3.28. The molecule has 0 radical (unpaired) electrons. The van der Waals surface area contributed by atoms with Gasteiger partial charge in [0.2, 0.25) is 0 Å². The van der Waals surface area contributed by atoms with Crippen LogP contribution in [0.5, 0.6) is 11.5 Å². The molecule has 6 nitrogen and oxygen atoms in total. The summed E-state index contributed by atoms with van der Waals surface area (Å²) >= 11 is 0. The van der Waals surface area contributed by atoms with E-state index in [1.165, 1.54) is 0 Å². The van der Waals surface area contributed by atoms with E-state index in [9.17, 15) is 9.59 Å². The third-order valence-corrected chi connectivity index (χ3v) is 6.03. The van der Waals surface area contributed by atoms with Gasteiger partial charge < -0.3 is 18.9 Å². The Balaban J connectivity index is 2.03. The summed E-state index contributed by atoms with van der Waals surface area (Å²) in [6, 6.07) is 13.8. The average Bonchev–Trinajstić information content (AvgIpc) is 2.89. The van der Waals surface area contributed by atoms with Crippen molar-refractivity contribution in [2.75, 3.05) is 26.4 Å². The van der Waals surface area contributed by atoms with Crippen LogP contribution in [-0.2, 0) is 25.5 Å². The van der Waals surface area contributed by atoms with E-state index in [-0.39, 0.29) is 19.2 Å². The Morgan fingerprint density at radius 2 is 1.17 bits per heavy atom. The van der Waals surface area contributed by atoms with Gasteiger partial charge in [0.1, 0.15) is 11.5 Å². The third-order valence-electron chi connectivity index (χ3n) is 6.03. The van der Waals surface area contributed by atoms with Gasteiger partial charge in [0, 0.05) is 21.5 Å². The molecule has 0 saturated heterocycles. The second kappa shape index (κ2) is 14.3. The van der Waals surface area contributed by atoms with Crippen LogP contribution in [0.1, 0.15) is 64.9 Å². The van der Waals surface area contributed by atoms with Crippen LogP contribution in [0, 0.1) is 0 Å². The van der Waals surface area contributed by atoms with Gasteiger partial charge in [-0.2, -0.15) is 0 Å². The Morgan fingerprint density at radius 3 is 1.75 bits per heavy atom. The number of esters is 2. The largest absolute Gasteiger partial charge is 0.481 e. The van der Waals surface area contributed by atoms with Crippen molar-refractivity contribution in [3.63, 3.8) is 0 Å². The first kappa shape index (κ1) is 27.3. The maximum atomic E-state index is 12.3. The third kappa shape index (κ3) is 7.12. The highest BCUT2D eigenvalue weighted by molar-refractivity contribution is 6.12. The van der Waals surface area contributed by atoms with Crippen LogP contribution >= 0.6 is 0 Å². The minimum absolute atomic E-state index is 0.172. The van der Waals surface area contributed by atoms with Crippen molar-refractivity contribution in [1.82, 2.24) is 0 Å². The molecule has 3 rings (SSSR count). The smallest absolute Gasteiger partial charge is 0.344 e. The van der Waals surface area contributed by atoms with Crippen molar-refractivity contribution < 1.29 is 28.5 Å². The molecule has 6 heteroatoms. The minimum atomic E-state index is -0.391. The van der Waals surface area contributed by atoms with Crippen LogP contribution in [0.15, 0.2) is 42.5 Å². The van der Waals surface area contributed by atoms with Crippen LogP contribution in [0.25, 0.3) is 21.5 Å². The highest BCUT2D eigenvalue weighted by Gasteiger charge is 2.20. The average molecular weight is 495 g/mol. The molecule has 0 aromatic heterocycles. The predicted octanol–water partition coefficient (Wildman–Crippen LogP) is 6.78. The molecule has 3 aromatic rings. The van der Waals surface area contributed by atoms with Crippen LogP contribution in [0.3, 0.4) is 0 Å². The van der Waals surface area contributed by atoms with E-state index in [4.69, 9.17) is 18.9 Å². The maximum absolute atomic E-state index is 12.3. The summed E-state index contributed by atoms with van der Waals surface area (Å²) in [5.74, 6) is 0.474. The first-order valence-electron chi connectivity index (χ1n) is 13.1. The van der Waals surface area contributed by atoms with Crippen molar-refractivity contribution >= 4 is 33.5 Å². The minimum Gasteiger partial charge on any atom is -0.481 e. The molecular weight excluding hydrogens is 456 g/mol. The molecule has 0 unspecified atom stereocenters. The first-order valence-corrected chi connectivity index (χ1v) is 13.1. The van der Waals surface area contributed by atoms with Crippen molar-refractivity contribution in [2.45, 2.75) is 65.7 Å². The number of aryl methyl sites for hydroxylation is 1. The highest BCUT2D eigenvalue weighted by Crippen LogP contribution is 2.44. The molecule has 0 aliphatic carbocycles. The number of ether oxygens (including phenoxy) is 4. The molecule has 3 aromatic carbocycles. The second-order valence-corrected chi connectivity index (χ2v) is 8.87. The topological polar surface area (TPSA) is 71.1 Å². The van der Waals surface area contributed by atoms with Crippen LogP contribution in [-0.4, -0.2) is 38.4 Å². The Kier molecular flexibility index (Phi) is 10.9. The fourth-order valence-corrected chi connectivity index (χ4v) is 4.10. The van der Waals surface area contributed by atoms with Gasteiger partial charge in [-0.25, -0.2) is 9.59 Å².